The monoisotopic (exact) mass is 247 g/mol. The van der Waals surface area contributed by atoms with Crippen molar-refractivity contribution in [3.8, 4) is 0 Å². The zero-order chi connectivity index (χ0) is 12.5. The van der Waals surface area contributed by atoms with Gasteiger partial charge in [0.2, 0.25) is 0 Å². The largest absolute Gasteiger partial charge is 0.464 e. The first kappa shape index (κ1) is 12.3. The maximum absolute atomic E-state index is 5.99. The first-order valence-electron chi connectivity index (χ1n) is 7.63. The zero-order valence-corrected chi connectivity index (χ0v) is 11.6. The van der Waals surface area contributed by atoms with E-state index >= 15 is 0 Å². The first-order valence-corrected chi connectivity index (χ1v) is 7.63. The fraction of sp³-hybridized carbons (Fsp3) is 0.750. The summed E-state index contributed by atoms with van der Waals surface area (Å²) in [5.41, 5.74) is 0. The van der Waals surface area contributed by atoms with Crippen molar-refractivity contribution in [3.63, 3.8) is 0 Å². The molecule has 2 heteroatoms. The average Bonchev–Trinajstić information content (AvgIpc) is 2.82. The summed E-state index contributed by atoms with van der Waals surface area (Å²) in [6.45, 7) is 5.48. The molecule has 1 aromatic rings. The molecular weight excluding hydrogens is 222 g/mol. The number of rotatable bonds is 6. The Hall–Kier alpha value is -0.760. The van der Waals surface area contributed by atoms with Crippen molar-refractivity contribution in [1.29, 1.82) is 0 Å². The molecule has 2 aliphatic rings. The Bertz CT molecular complexity index is 388. The highest BCUT2D eigenvalue weighted by molar-refractivity contribution is 5.14. The van der Waals surface area contributed by atoms with Gasteiger partial charge < -0.3 is 9.73 Å². The highest BCUT2D eigenvalue weighted by atomic mass is 16.3. The molecule has 100 valence electrons. The van der Waals surface area contributed by atoms with Gasteiger partial charge in [-0.25, -0.2) is 0 Å². The molecule has 3 atom stereocenters. The van der Waals surface area contributed by atoms with E-state index in [0.717, 1.165) is 36.5 Å². The molecule has 18 heavy (non-hydrogen) atoms. The van der Waals surface area contributed by atoms with E-state index in [4.69, 9.17) is 4.42 Å². The molecule has 0 radical (unpaired) electrons. The molecule has 2 fully saturated rings. The van der Waals surface area contributed by atoms with Crippen LogP contribution in [0, 0.1) is 17.8 Å². The molecule has 0 aliphatic heterocycles. The fourth-order valence-electron chi connectivity index (χ4n) is 3.58. The number of aryl methyl sites for hydroxylation is 1. The molecule has 2 aliphatic carbocycles. The lowest BCUT2D eigenvalue weighted by molar-refractivity contribution is 0.290. The van der Waals surface area contributed by atoms with Gasteiger partial charge in [0.05, 0.1) is 6.04 Å². The highest BCUT2D eigenvalue weighted by Crippen LogP contribution is 2.57. The lowest BCUT2D eigenvalue weighted by atomic mass is 9.92. The lowest BCUT2D eigenvalue weighted by Crippen LogP contribution is -2.28. The second-order valence-electron chi connectivity index (χ2n) is 6.08. The predicted molar refractivity (Wildman–Crippen MR) is 73.4 cm³/mol. The predicted octanol–water partition coefficient (Wildman–Crippen LogP) is 3.93. The van der Waals surface area contributed by atoms with Crippen LogP contribution >= 0.6 is 0 Å². The van der Waals surface area contributed by atoms with Crippen molar-refractivity contribution >= 4 is 0 Å². The number of hydrogen-bond donors (Lipinski definition) is 1. The molecule has 2 saturated carbocycles. The lowest BCUT2D eigenvalue weighted by Gasteiger charge is -2.24. The van der Waals surface area contributed by atoms with Crippen LogP contribution in [0.5, 0.6) is 0 Å². The van der Waals surface area contributed by atoms with Crippen LogP contribution in [0.3, 0.4) is 0 Å². The van der Waals surface area contributed by atoms with Gasteiger partial charge in [-0.3, -0.25) is 0 Å². The molecule has 3 rings (SSSR count). The minimum atomic E-state index is 0.457. The third-order valence-electron chi connectivity index (χ3n) is 4.70. The Balaban J connectivity index is 1.71. The fourth-order valence-corrected chi connectivity index (χ4v) is 3.58. The van der Waals surface area contributed by atoms with Crippen molar-refractivity contribution in [1.82, 2.24) is 5.32 Å². The van der Waals surface area contributed by atoms with Crippen molar-refractivity contribution in [3.05, 3.63) is 23.7 Å². The second kappa shape index (κ2) is 5.08. The van der Waals surface area contributed by atoms with Gasteiger partial charge in [0.25, 0.3) is 0 Å². The minimum absolute atomic E-state index is 0.457. The van der Waals surface area contributed by atoms with E-state index in [0.29, 0.717) is 6.04 Å². The van der Waals surface area contributed by atoms with Crippen molar-refractivity contribution < 1.29 is 4.42 Å². The molecule has 0 amide bonds. The van der Waals surface area contributed by atoms with Gasteiger partial charge in [0.1, 0.15) is 11.5 Å². The first-order chi connectivity index (χ1) is 8.81. The molecule has 2 nitrogen and oxygen atoms in total. The molecule has 3 unspecified atom stereocenters. The van der Waals surface area contributed by atoms with E-state index in [-0.39, 0.29) is 0 Å². The minimum Gasteiger partial charge on any atom is -0.464 e. The van der Waals surface area contributed by atoms with Gasteiger partial charge in [0, 0.05) is 6.42 Å². The Kier molecular flexibility index (Phi) is 3.47. The van der Waals surface area contributed by atoms with E-state index in [1.54, 1.807) is 0 Å². The van der Waals surface area contributed by atoms with Crippen LogP contribution in [0.4, 0.5) is 0 Å². The number of furan rings is 1. The van der Waals surface area contributed by atoms with E-state index in [1.807, 2.05) is 0 Å². The molecule has 0 aromatic carbocycles. The summed E-state index contributed by atoms with van der Waals surface area (Å²) < 4.78 is 5.99. The van der Waals surface area contributed by atoms with E-state index in [1.165, 1.54) is 31.4 Å². The molecule has 1 N–H and O–H groups in total. The summed E-state index contributed by atoms with van der Waals surface area (Å²) in [5.74, 6) is 5.18. The van der Waals surface area contributed by atoms with E-state index in [9.17, 15) is 0 Å². The van der Waals surface area contributed by atoms with E-state index < -0.39 is 0 Å². The van der Waals surface area contributed by atoms with Crippen LogP contribution in [0.2, 0.25) is 0 Å². The van der Waals surface area contributed by atoms with Gasteiger partial charge in [-0.2, -0.15) is 0 Å². The highest BCUT2D eigenvalue weighted by Gasteiger charge is 2.48. The third-order valence-corrected chi connectivity index (χ3v) is 4.70. The van der Waals surface area contributed by atoms with Crippen LogP contribution in [0.25, 0.3) is 0 Å². The molecule has 1 heterocycles. The smallest absolute Gasteiger partial charge is 0.121 e. The average molecular weight is 247 g/mol. The topological polar surface area (TPSA) is 25.2 Å². The summed E-state index contributed by atoms with van der Waals surface area (Å²) in [7, 11) is 0. The maximum Gasteiger partial charge on any atom is 0.121 e. The Morgan fingerprint density at radius 2 is 2.00 bits per heavy atom. The standard InChI is InChI=1S/C16H25NO/c1-3-7-17-16(13-9-11-8-12(11)10-13)15-6-5-14(4-2)18-15/h5-6,11-13,16-17H,3-4,7-10H2,1-2H3. The molecule has 1 aromatic heterocycles. The SMILES string of the molecule is CCCNC(c1ccc(CC)o1)C1CC2CC2C1. The van der Waals surface area contributed by atoms with Crippen LogP contribution in [-0.4, -0.2) is 6.54 Å². The summed E-state index contributed by atoms with van der Waals surface area (Å²) in [5, 5.41) is 3.71. The summed E-state index contributed by atoms with van der Waals surface area (Å²) in [4.78, 5) is 0. The summed E-state index contributed by atoms with van der Waals surface area (Å²) in [6.07, 6.45) is 6.51. The normalized spacial score (nSPS) is 31.3. The van der Waals surface area contributed by atoms with Crippen molar-refractivity contribution in [2.75, 3.05) is 6.54 Å². The number of fused-ring (bicyclic) bond motifs is 1. The molecule has 0 bridgehead atoms. The number of nitrogens with one attached hydrogen (secondary N) is 1. The Morgan fingerprint density at radius 3 is 2.61 bits per heavy atom. The molecule has 0 saturated heterocycles. The van der Waals surface area contributed by atoms with Crippen LogP contribution in [-0.2, 0) is 6.42 Å². The van der Waals surface area contributed by atoms with Gasteiger partial charge in [-0.1, -0.05) is 13.8 Å². The summed E-state index contributed by atoms with van der Waals surface area (Å²) in [6, 6.07) is 4.79. The van der Waals surface area contributed by atoms with Gasteiger partial charge >= 0.3 is 0 Å². The van der Waals surface area contributed by atoms with Crippen LogP contribution < -0.4 is 5.32 Å². The van der Waals surface area contributed by atoms with Crippen LogP contribution in [0.1, 0.15) is 57.1 Å². The van der Waals surface area contributed by atoms with Gasteiger partial charge in [-0.15, -0.1) is 0 Å². The molecular formula is C16H25NO. The van der Waals surface area contributed by atoms with Gasteiger partial charge in [0.15, 0.2) is 0 Å². The van der Waals surface area contributed by atoms with E-state index in [2.05, 4.69) is 31.3 Å². The van der Waals surface area contributed by atoms with Gasteiger partial charge in [-0.05, 0) is 62.1 Å². The maximum atomic E-state index is 5.99. The Labute approximate surface area is 110 Å². The third kappa shape index (κ3) is 2.35. The number of hydrogen-bond acceptors (Lipinski definition) is 2. The Morgan fingerprint density at radius 1 is 1.22 bits per heavy atom. The van der Waals surface area contributed by atoms with Crippen molar-refractivity contribution in [2.24, 2.45) is 17.8 Å². The second-order valence-corrected chi connectivity index (χ2v) is 6.08. The van der Waals surface area contributed by atoms with Crippen LogP contribution in [0.15, 0.2) is 16.5 Å². The van der Waals surface area contributed by atoms with Crippen molar-refractivity contribution in [2.45, 2.75) is 52.0 Å². The summed E-state index contributed by atoms with van der Waals surface area (Å²) >= 11 is 0. The quantitative estimate of drug-likeness (QED) is 0.824. The molecule has 0 spiro atoms. The zero-order valence-electron chi connectivity index (χ0n) is 11.6.